The Morgan fingerprint density at radius 3 is 3.00 bits per heavy atom. The van der Waals surface area contributed by atoms with Gasteiger partial charge in [-0.2, -0.15) is 0 Å². The standard InChI is InChI=1S/C15H19N3O2/c1-18-7-5-13(15(18)20)17-14(19)11-3-2-10-4-6-16-9-12(10)8-11/h2-3,8,13,16H,4-7,9H2,1H3,(H,17,19). The molecule has 106 valence electrons. The fourth-order valence-corrected chi connectivity index (χ4v) is 2.82. The molecule has 2 N–H and O–H groups in total. The third-order valence-electron chi connectivity index (χ3n) is 4.09. The maximum atomic E-state index is 12.2. The SMILES string of the molecule is CN1CCC(NC(=O)c2ccc3c(c2)CNCC3)C1=O. The minimum absolute atomic E-state index is 0.00187. The molecule has 0 saturated carbocycles. The number of nitrogens with one attached hydrogen (secondary N) is 2. The molecule has 2 heterocycles. The predicted molar refractivity (Wildman–Crippen MR) is 75.4 cm³/mol. The van der Waals surface area contributed by atoms with Crippen LogP contribution in [0.2, 0.25) is 0 Å². The zero-order chi connectivity index (χ0) is 14.1. The van der Waals surface area contributed by atoms with Gasteiger partial charge < -0.3 is 15.5 Å². The van der Waals surface area contributed by atoms with Crippen LogP contribution in [0.5, 0.6) is 0 Å². The number of nitrogens with zero attached hydrogens (tertiary/aromatic N) is 1. The van der Waals surface area contributed by atoms with Gasteiger partial charge in [0.05, 0.1) is 0 Å². The molecule has 2 amide bonds. The van der Waals surface area contributed by atoms with Gasteiger partial charge in [0.1, 0.15) is 6.04 Å². The Morgan fingerprint density at radius 2 is 2.25 bits per heavy atom. The molecule has 20 heavy (non-hydrogen) atoms. The van der Waals surface area contributed by atoms with Crippen molar-refractivity contribution in [3.63, 3.8) is 0 Å². The van der Waals surface area contributed by atoms with Crippen molar-refractivity contribution in [3.05, 3.63) is 34.9 Å². The number of amides is 2. The Morgan fingerprint density at radius 1 is 1.40 bits per heavy atom. The molecule has 0 spiro atoms. The summed E-state index contributed by atoms with van der Waals surface area (Å²) in [6.45, 7) is 2.50. The average Bonchev–Trinajstić information content (AvgIpc) is 2.78. The summed E-state index contributed by atoms with van der Waals surface area (Å²) in [6, 6.07) is 5.43. The van der Waals surface area contributed by atoms with Crippen LogP contribution in [-0.2, 0) is 17.8 Å². The first-order valence-electron chi connectivity index (χ1n) is 7.03. The molecule has 0 aliphatic carbocycles. The Balaban J connectivity index is 1.73. The van der Waals surface area contributed by atoms with Crippen LogP contribution in [0.1, 0.15) is 27.9 Å². The highest BCUT2D eigenvalue weighted by atomic mass is 16.2. The maximum absolute atomic E-state index is 12.2. The lowest BCUT2D eigenvalue weighted by Gasteiger charge is -2.18. The highest BCUT2D eigenvalue weighted by molar-refractivity contribution is 5.98. The molecule has 0 aromatic heterocycles. The summed E-state index contributed by atoms with van der Waals surface area (Å²) < 4.78 is 0. The third-order valence-corrected chi connectivity index (χ3v) is 4.09. The second-order valence-corrected chi connectivity index (χ2v) is 5.48. The van der Waals surface area contributed by atoms with Crippen molar-refractivity contribution in [1.82, 2.24) is 15.5 Å². The van der Waals surface area contributed by atoms with Crippen molar-refractivity contribution < 1.29 is 9.59 Å². The quantitative estimate of drug-likeness (QED) is 0.814. The van der Waals surface area contributed by atoms with Gasteiger partial charge in [-0.15, -0.1) is 0 Å². The van der Waals surface area contributed by atoms with Crippen molar-refractivity contribution in [2.75, 3.05) is 20.1 Å². The van der Waals surface area contributed by atoms with E-state index < -0.39 is 0 Å². The summed E-state index contributed by atoms with van der Waals surface area (Å²) in [7, 11) is 1.76. The summed E-state index contributed by atoms with van der Waals surface area (Å²) in [5.74, 6) is -0.162. The number of hydrogen-bond donors (Lipinski definition) is 2. The number of likely N-dealkylation sites (N-methyl/N-ethyl adjacent to an activating group) is 1. The van der Waals surface area contributed by atoms with E-state index in [4.69, 9.17) is 0 Å². The van der Waals surface area contributed by atoms with Gasteiger partial charge in [-0.1, -0.05) is 6.07 Å². The average molecular weight is 273 g/mol. The van der Waals surface area contributed by atoms with Crippen molar-refractivity contribution >= 4 is 11.8 Å². The Kier molecular flexibility index (Phi) is 3.44. The van der Waals surface area contributed by atoms with E-state index in [0.717, 1.165) is 19.5 Å². The highest BCUT2D eigenvalue weighted by Gasteiger charge is 2.30. The molecular formula is C15H19N3O2. The van der Waals surface area contributed by atoms with Crippen molar-refractivity contribution in [2.24, 2.45) is 0 Å². The smallest absolute Gasteiger partial charge is 0.251 e. The molecule has 1 atom stereocenters. The van der Waals surface area contributed by atoms with Crippen LogP contribution in [-0.4, -0.2) is 42.9 Å². The second-order valence-electron chi connectivity index (χ2n) is 5.48. The minimum atomic E-state index is -0.373. The zero-order valence-corrected chi connectivity index (χ0v) is 11.6. The molecule has 1 saturated heterocycles. The number of carbonyl (C=O) groups excluding carboxylic acids is 2. The molecule has 2 aliphatic rings. The van der Waals surface area contributed by atoms with E-state index in [-0.39, 0.29) is 17.9 Å². The van der Waals surface area contributed by atoms with Crippen LogP contribution in [0.25, 0.3) is 0 Å². The number of benzene rings is 1. The Hall–Kier alpha value is -1.88. The van der Waals surface area contributed by atoms with E-state index >= 15 is 0 Å². The maximum Gasteiger partial charge on any atom is 0.251 e. The molecule has 2 aliphatic heterocycles. The van der Waals surface area contributed by atoms with E-state index in [1.807, 2.05) is 18.2 Å². The summed E-state index contributed by atoms with van der Waals surface area (Å²) in [4.78, 5) is 25.7. The molecule has 5 heteroatoms. The lowest BCUT2D eigenvalue weighted by molar-refractivity contribution is -0.128. The first kappa shape index (κ1) is 13.1. The summed E-state index contributed by atoms with van der Waals surface area (Å²) >= 11 is 0. The molecule has 0 radical (unpaired) electrons. The lowest BCUT2D eigenvalue weighted by atomic mass is 9.98. The largest absolute Gasteiger partial charge is 0.344 e. The molecule has 5 nitrogen and oxygen atoms in total. The zero-order valence-electron chi connectivity index (χ0n) is 11.6. The fourth-order valence-electron chi connectivity index (χ4n) is 2.82. The summed E-state index contributed by atoms with van der Waals surface area (Å²) in [5, 5.41) is 6.13. The normalized spacial score (nSPS) is 21.8. The van der Waals surface area contributed by atoms with Crippen LogP contribution in [0.4, 0.5) is 0 Å². The van der Waals surface area contributed by atoms with Crippen LogP contribution < -0.4 is 10.6 Å². The minimum Gasteiger partial charge on any atom is -0.344 e. The van der Waals surface area contributed by atoms with Gasteiger partial charge in [0, 0.05) is 25.7 Å². The van der Waals surface area contributed by atoms with Gasteiger partial charge in [0.25, 0.3) is 5.91 Å². The van der Waals surface area contributed by atoms with Gasteiger partial charge in [0.15, 0.2) is 0 Å². The molecule has 1 unspecified atom stereocenters. The lowest BCUT2D eigenvalue weighted by Crippen LogP contribution is -2.40. The molecule has 1 aromatic rings. The number of fused-ring (bicyclic) bond motifs is 1. The number of likely N-dealkylation sites (tertiary alicyclic amines) is 1. The number of rotatable bonds is 2. The Bertz CT molecular complexity index is 556. The second kappa shape index (κ2) is 5.25. The van der Waals surface area contributed by atoms with Crippen LogP contribution >= 0.6 is 0 Å². The van der Waals surface area contributed by atoms with Gasteiger partial charge in [-0.05, 0) is 42.6 Å². The summed E-state index contributed by atoms with van der Waals surface area (Å²) in [6.07, 6.45) is 1.69. The van der Waals surface area contributed by atoms with E-state index in [1.165, 1.54) is 11.1 Å². The van der Waals surface area contributed by atoms with E-state index in [2.05, 4.69) is 10.6 Å². The third kappa shape index (κ3) is 2.41. The molecule has 1 fully saturated rings. The van der Waals surface area contributed by atoms with Gasteiger partial charge in [-0.3, -0.25) is 9.59 Å². The molecular weight excluding hydrogens is 254 g/mol. The number of carbonyl (C=O) groups is 2. The van der Waals surface area contributed by atoms with Crippen LogP contribution in [0, 0.1) is 0 Å². The molecule has 1 aromatic carbocycles. The first-order valence-corrected chi connectivity index (χ1v) is 7.03. The highest BCUT2D eigenvalue weighted by Crippen LogP contribution is 2.16. The van der Waals surface area contributed by atoms with Crippen molar-refractivity contribution in [1.29, 1.82) is 0 Å². The van der Waals surface area contributed by atoms with Gasteiger partial charge in [0.2, 0.25) is 5.91 Å². The fraction of sp³-hybridized carbons (Fsp3) is 0.467. The van der Waals surface area contributed by atoms with Gasteiger partial charge >= 0.3 is 0 Å². The van der Waals surface area contributed by atoms with Crippen molar-refractivity contribution in [3.8, 4) is 0 Å². The Labute approximate surface area is 118 Å². The summed E-state index contributed by atoms with van der Waals surface area (Å²) in [5.41, 5.74) is 3.12. The number of hydrogen-bond acceptors (Lipinski definition) is 3. The topological polar surface area (TPSA) is 61.4 Å². The monoisotopic (exact) mass is 273 g/mol. The predicted octanol–water partition coefficient (Wildman–Crippen LogP) is 0.293. The van der Waals surface area contributed by atoms with E-state index in [9.17, 15) is 9.59 Å². The first-order chi connectivity index (χ1) is 9.65. The molecule has 3 rings (SSSR count). The van der Waals surface area contributed by atoms with E-state index in [0.29, 0.717) is 18.5 Å². The van der Waals surface area contributed by atoms with E-state index in [1.54, 1.807) is 11.9 Å². The molecule has 0 bridgehead atoms. The van der Waals surface area contributed by atoms with Crippen LogP contribution in [0.3, 0.4) is 0 Å². The van der Waals surface area contributed by atoms with Crippen molar-refractivity contribution in [2.45, 2.75) is 25.4 Å². The van der Waals surface area contributed by atoms with Crippen LogP contribution in [0.15, 0.2) is 18.2 Å². The van der Waals surface area contributed by atoms with Gasteiger partial charge in [-0.25, -0.2) is 0 Å².